The molecule has 8 N–H and O–H groups in total. The Balaban J connectivity index is 2.20. The number of aromatic hydroxyl groups is 1. The van der Waals surface area contributed by atoms with Crippen LogP contribution < -0.4 is 21.7 Å². The maximum Gasteiger partial charge on any atom is 0.326 e. The van der Waals surface area contributed by atoms with E-state index in [-0.39, 0.29) is 31.4 Å². The number of rotatable bonds is 15. The number of carboxylic acids is 2. The fraction of sp³-hybridized carbons (Fsp3) is 0.393. The molecule has 0 saturated carbocycles. The van der Waals surface area contributed by atoms with E-state index in [1.807, 2.05) is 0 Å². The number of carbonyl (C=O) groups is 5. The largest absolute Gasteiger partial charge is 0.508 e. The predicted octanol–water partition coefficient (Wildman–Crippen LogP) is 0.565. The van der Waals surface area contributed by atoms with E-state index in [0.29, 0.717) is 11.1 Å². The summed E-state index contributed by atoms with van der Waals surface area (Å²) in [6.45, 7) is 3.35. The molecule has 4 unspecified atom stereocenters. The lowest BCUT2D eigenvalue weighted by molar-refractivity contribution is -0.142. The Morgan fingerprint density at radius 3 is 1.85 bits per heavy atom. The third kappa shape index (κ3) is 10.4. The van der Waals surface area contributed by atoms with Crippen molar-refractivity contribution in [1.29, 1.82) is 0 Å². The van der Waals surface area contributed by atoms with Gasteiger partial charge in [0.2, 0.25) is 17.7 Å². The summed E-state index contributed by atoms with van der Waals surface area (Å²) in [6.07, 6.45) is -0.480. The number of hydrogen-bond acceptors (Lipinski definition) is 7. The van der Waals surface area contributed by atoms with Gasteiger partial charge in [-0.05, 0) is 35.6 Å². The van der Waals surface area contributed by atoms with Crippen molar-refractivity contribution in [2.24, 2.45) is 11.7 Å². The Morgan fingerprint density at radius 1 is 0.750 bits per heavy atom. The van der Waals surface area contributed by atoms with E-state index in [4.69, 9.17) is 10.8 Å². The summed E-state index contributed by atoms with van der Waals surface area (Å²) < 4.78 is 0. The summed E-state index contributed by atoms with van der Waals surface area (Å²) >= 11 is 0. The average Bonchev–Trinajstić information content (AvgIpc) is 2.90. The average molecular weight is 557 g/mol. The van der Waals surface area contributed by atoms with Gasteiger partial charge in [-0.15, -0.1) is 0 Å². The van der Waals surface area contributed by atoms with Crippen molar-refractivity contribution in [2.45, 2.75) is 63.7 Å². The highest BCUT2D eigenvalue weighted by molar-refractivity contribution is 5.94. The van der Waals surface area contributed by atoms with Gasteiger partial charge in [-0.2, -0.15) is 0 Å². The van der Waals surface area contributed by atoms with Crippen LogP contribution in [0.1, 0.15) is 37.8 Å². The fourth-order valence-corrected chi connectivity index (χ4v) is 3.87. The minimum absolute atomic E-state index is 0.00418. The molecule has 4 atom stereocenters. The minimum Gasteiger partial charge on any atom is -0.508 e. The molecule has 0 radical (unpaired) electrons. The number of carboxylic acid groups (broad SMARTS) is 2. The first-order chi connectivity index (χ1) is 18.9. The van der Waals surface area contributed by atoms with Crippen LogP contribution in [0.2, 0.25) is 0 Å². The number of aliphatic carboxylic acids is 2. The van der Waals surface area contributed by atoms with Crippen molar-refractivity contribution in [3.63, 3.8) is 0 Å². The first-order valence-electron chi connectivity index (χ1n) is 12.8. The van der Waals surface area contributed by atoms with E-state index in [1.165, 1.54) is 12.1 Å². The summed E-state index contributed by atoms with van der Waals surface area (Å²) in [5, 5.41) is 35.7. The SMILES string of the molecule is CC(C)C(NC(=O)C(Cc1ccc(O)cc1)NC(=O)C(N)CCC(=O)O)C(=O)NC(Cc1ccccc1)C(=O)O. The molecular formula is C28H36N4O8. The molecule has 2 rings (SSSR count). The fourth-order valence-electron chi connectivity index (χ4n) is 3.87. The summed E-state index contributed by atoms with van der Waals surface area (Å²) in [6, 6.07) is 9.93. The first-order valence-corrected chi connectivity index (χ1v) is 12.8. The van der Waals surface area contributed by atoms with Crippen LogP contribution in [0.15, 0.2) is 54.6 Å². The Morgan fingerprint density at radius 2 is 1.30 bits per heavy atom. The quantitative estimate of drug-likeness (QED) is 0.163. The summed E-state index contributed by atoms with van der Waals surface area (Å²) in [4.78, 5) is 61.9. The Bertz CT molecular complexity index is 1170. The molecule has 0 bridgehead atoms. The molecule has 12 heteroatoms. The number of hydrogen-bond donors (Lipinski definition) is 7. The first kappa shape index (κ1) is 31.8. The van der Waals surface area contributed by atoms with Crippen LogP contribution in [0.4, 0.5) is 0 Å². The molecule has 0 spiro atoms. The number of nitrogens with one attached hydrogen (secondary N) is 3. The number of nitrogens with two attached hydrogens (primary N) is 1. The van der Waals surface area contributed by atoms with Gasteiger partial charge in [-0.1, -0.05) is 56.3 Å². The van der Waals surface area contributed by atoms with Gasteiger partial charge >= 0.3 is 11.9 Å². The van der Waals surface area contributed by atoms with Gasteiger partial charge in [0, 0.05) is 19.3 Å². The summed E-state index contributed by atoms with van der Waals surface area (Å²) in [5.41, 5.74) is 7.10. The monoisotopic (exact) mass is 556 g/mol. The highest BCUT2D eigenvalue weighted by Crippen LogP contribution is 2.13. The van der Waals surface area contributed by atoms with Gasteiger partial charge in [0.25, 0.3) is 0 Å². The smallest absolute Gasteiger partial charge is 0.326 e. The number of phenolic OH excluding ortho intramolecular Hbond substituents is 1. The van der Waals surface area contributed by atoms with Gasteiger partial charge in [0.15, 0.2) is 0 Å². The molecule has 3 amide bonds. The molecule has 0 aliphatic carbocycles. The lowest BCUT2D eigenvalue weighted by Crippen LogP contribution is -2.59. The summed E-state index contributed by atoms with van der Waals surface area (Å²) in [5.74, 6) is -4.99. The molecular weight excluding hydrogens is 520 g/mol. The van der Waals surface area contributed by atoms with Gasteiger partial charge in [0.05, 0.1) is 6.04 Å². The van der Waals surface area contributed by atoms with E-state index >= 15 is 0 Å². The van der Waals surface area contributed by atoms with Gasteiger partial charge in [0.1, 0.15) is 23.9 Å². The summed E-state index contributed by atoms with van der Waals surface area (Å²) in [7, 11) is 0. The number of carbonyl (C=O) groups excluding carboxylic acids is 3. The van der Waals surface area contributed by atoms with Crippen molar-refractivity contribution >= 4 is 29.7 Å². The van der Waals surface area contributed by atoms with Crippen molar-refractivity contribution in [1.82, 2.24) is 16.0 Å². The Labute approximate surface area is 232 Å². The second kappa shape index (κ2) is 15.2. The highest BCUT2D eigenvalue weighted by atomic mass is 16.4. The predicted molar refractivity (Wildman–Crippen MR) is 145 cm³/mol. The standard InChI is InChI=1S/C28H36N4O8/c1-16(2)24(27(38)31-22(28(39)40)15-17-6-4-3-5-7-17)32-26(37)21(14-18-8-10-19(33)11-9-18)30-25(36)20(29)12-13-23(34)35/h3-11,16,20-22,24,33H,12-15,29H2,1-2H3,(H,30,36)(H,31,38)(H,32,37)(H,34,35)(H,39,40). The highest BCUT2D eigenvalue weighted by Gasteiger charge is 2.32. The Hall–Kier alpha value is -4.45. The molecule has 0 heterocycles. The lowest BCUT2D eigenvalue weighted by atomic mass is 9.99. The van der Waals surface area contributed by atoms with E-state index in [9.17, 15) is 34.2 Å². The second-order valence-electron chi connectivity index (χ2n) is 9.79. The minimum atomic E-state index is -1.24. The second-order valence-corrected chi connectivity index (χ2v) is 9.79. The van der Waals surface area contributed by atoms with E-state index in [2.05, 4.69) is 16.0 Å². The molecule has 0 aromatic heterocycles. The number of phenols is 1. The van der Waals surface area contributed by atoms with E-state index in [1.54, 1.807) is 56.3 Å². The molecule has 0 saturated heterocycles. The van der Waals surface area contributed by atoms with Crippen LogP contribution in [0.5, 0.6) is 5.75 Å². The van der Waals surface area contributed by atoms with Crippen molar-refractivity contribution < 1.29 is 39.3 Å². The molecule has 0 aliphatic heterocycles. The zero-order valence-electron chi connectivity index (χ0n) is 22.4. The molecule has 2 aromatic carbocycles. The van der Waals surface area contributed by atoms with Gasteiger partial charge < -0.3 is 37.0 Å². The normalized spacial score (nSPS) is 13.9. The molecule has 12 nitrogen and oxygen atoms in total. The molecule has 2 aromatic rings. The van der Waals surface area contributed by atoms with Crippen LogP contribution in [0, 0.1) is 5.92 Å². The van der Waals surface area contributed by atoms with Gasteiger partial charge in [-0.3, -0.25) is 19.2 Å². The molecule has 216 valence electrons. The van der Waals surface area contributed by atoms with Crippen molar-refractivity contribution in [3.8, 4) is 5.75 Å². The zero-order valence-corrected chi connectivity index (χ0v) is 22.4. The van der Waals surface area contributed by atoms with Crippen LogP contribution >= 0.6 is 0 Å². The zero-order chi connectivity index (χ0) is 29.8. The lowest BCUT2D eigenvalue weighted by Gasteiger charge is -2.27. The van der Waals surface area contributed by atoms with Crippen LogP contribution in [-0.4, -0.2) is 69.1 Å². The van der Waals surface area contributed by atoms with Crippen molar-refractivity contribution in [2.75, 3.05) is 0 Å². The topological polar surface area (TPSA) is 208 Å². The number of benzene rings is 2. The maximum absolute atomic E-state index is 13.4. The molecule has 0 fully saturated rings. The van der Waals surface area contributed by atoms with Crippen LogP contribution in [0.25, 0.3) is 0 Å². The third-order valence-corrected chi connectivity index (χ3v) is 6.16. The van der Waals surface area contributed by atoms with E-state index < -0.39 is 59.7 Å². The van der Waals surface area contributed by atoms with Gasteiger partial charge in [-0.25, -0.2) is 4.79 Å². The van der Waals surface area contributed by atoms with Crippen LogP contribution in [-0.2, 0) is 36.8 Å². The molecule has 0 aliphatic rings. The maximum atomic E-state index is 13.4. The Kier molecular flexibility index (Phi) is 12.1. The van der Waals surface area contributed by atoms with Crippen LogP contribution in [0.3, 0.4) is 0 Å². The van der Waals surface area contributed by atoms with E-state index in [0.717, 1.165) is 0 Å². The number of amides is 3. The third-order valence-electron chi connectivity index (χ3n) is 6.16. The van der Waals surface area contributed by atoms with Crippen molar-refractivity contribution in [3.05, 3.63) is 65.7 Å². The molecule has 40 heavy (non-hydrogen) atoms.